The molecular formula is C23H20N4O2S2. The molecule has 2 aromatic heterocycles. The Morgan fingerprint density at radius 3 is 2.55 bits per heavy atom. The van der Waals surface area contributed by atoms with E-state index in [4.69, 9.17) is 17.2 Å². The highest BCUT2D eigenvalue weighted by Crippen LogP contribution is 2.34. The van der Waals surface area contributed by atoms with Crippen LogP contribution in [0.2, 0.25) is 0 Å². The highest BCUT2D eigenvalue weighted by Gasteiger charge is 2.33. The first-order valence-corrected chi connectivity index (χ1v) is 11.4. The number of amides is 1. The molecule has 0 atom stereocenters. The summed E-state index contributed by atoms with van der Waals surface area (Å²) < 4.78 is 2.02. The Balaban J connectivity index is 1.57. The normalized spacial score (nSPS) is 18.0. The van der Waals surface area contributed by atoms with Gasteiger partial charge in [0.25, 0.3) is 11.5 Å². The Morgan fingerprint density at radius 1 is 1.03 bits per heavy atom. The maximum absolute atomic E-state index is 13.3. The van der Waals surface area contributed by atoms with Crippen molar-refractivity contribution in [2.75, 3.05) is 18.0 Å². The number of thioether (sulfide) groups is 1. The Morgan fingerprint density at radius 2 is 1.77 bits per heavy atom. The summed E-state index contributed by atoms with van der Waals surface area (Å²) >= 11 is 6.71. The van der Waals surface area contributed by atoms with Crippen molar-refractivity contribution in [2.45, 2.75) is 19.4 Å². The number of fused-ring (bicyclic) bond motifs is 1. The van der Waals surface area contributed by atoms with Gasteiger partial charge in [0.05, 0.1) is 17.0 Å². The molecule has 156 valence electrons. The quantitative estimate of drug-likeness (QED) is 0.448. The number of pyridine rings is 1. The second kappa shape index (κ2) is 8.28. The maximum atomic E-state index is 13.3. The second-order valence-electron chi connectivity index (χ2n) is 7.53. The van der Waals surface area contributed by atoms with Gasteiger partial charge in [0.2, 0.25) is 0 Å². The highest BCUT2D eigenvalue weighted by molar-refractivity contribution is 8.26. The Hall–Kier alpha value is -2.97. The van der Waals surface area contributed by atoms with Gasteiger partial charge >= 0.3 is 0 Å². The van der Waals surface area contributed by atoms with Gasteiger partial charge in [-0.2, -0.15) is 0 Å². The van der Waals surface area contributed by atoms with Gasteiger partial charge in [0.1, 0.15) is 15.8 Å². The molecule has 0 unspecified atom stereocenters. The van der Waals surface area contributed by atoms with E-state index in [2.05, 4.69) is 4.90 Å². The van der Waals surface area contributed by atoms with Crippen molar-refractivity contribution in [1.29, 1.82) is 0 Å². The van der Waals surface area contributed by atoms with Crippen LogP contribution in [0.15, 0.2) is 64.4 Å². The number of thiocarbonyl (C=S) groups is 1. The van der Waals surface area contributed by atoms with E-state index in [0.717, 1.165) is 31.5 Å². The third-order valence-electron chi connectivity index (χ3n) is 5.49. The van der Waals surface area contributed by atoms with Gasteiger partial charge in [0.15, 0.2) is 0 Å². The summed E-state index contributed by atoms with van der Waals surface area (Å²) in [5, 5.41) is 0. The van der Waals surface area contributed by atoms with E-state index in [9.17, 15) is 9.59 Å². The number of benzene rings is 1. The lowest BCUT2D eigenvalue weighted by Gasteiger charge is -2.19. The Labute approximate surface area is 189 Å². The molecule has 0 bridgehead atoms. The summed E-state index contributed by atoms with van der Waals surface area (Å²) in [6.07, 6.45) is 5.51. The molecule has 0 radical (unpaired) electrons. The molecule has 5 rings (SSSR count). The predicted octanol–water partition coefficient (Wildman–Crippen LogP) is 3.70. The number of rotatable bonds is 4. The molecule has 1 aromatic carbocycles. The van der Waals surface area contributed by atoms with Crippen molar-refractivity contribution in [3.8, 4) is 0 Å². The molecule has 0 N–H and O–H groups in total. The minimum absolute atomic E-state index is 0.177. The Kier molecular flexibility index (Phi) is 5.33. The molecule has 8 heteroatoms. The molecule has 2 fully saturated rings. The first kappa shape index (κ1) is 20.0. The molecular weight excluding hydrogens is 428 g/mol. The molecule has 0 saturated carbocycles. The minimum Gasteiger partial charge on any atom is -0.356 e. The number of hydrogen-bond acceptors (Lipinski definition) is 6. The van der Waals surface area contributed by atoms with E-state index in [1.54, 1.807) is 23.2 Å². The number of nitrogens with zero attached hydrogens (tertiary/aromatic N) is 4. The maximum Gasteiger partial charge on any atom is 0.267 e. The summed E-state index contributed by atoms with van der Waals surface area (Å²) in [4.78, 5) is 35.4. The first-order chi connectivity index (χ1) is 15.1. The van der Waals surface area contributed by atoms with Gasteiger partial charge < -0.3 is 4.90 Å². The van der Waals surface area contributed by atoms with Crippen LogP contribution in [0, 0.1) is 0 Å². The summed E-state index contributed by atoms with van der Waals surface area (Å²) in [5.41, 5.74) is 1.86. The molecule has 2 saturated heterocycles. The average molecular weight is 449 g/mol. The second-order valence-corrected chi connectivity index (χ2v) is 9.21. The van der Waals surface area contributed by atoms with Crippen LogP contribution in [-0.4, -0.2) is 37.6 Å². The lowest BCUT2D eigenvalue weighted by Crippen LogP contribution is -2.28. The number of aromatic nitrogens is 2. The number of carbonyl (C=O) groups excluding carboxylic acids is 1. The van der Waals surface area contributed by atoms with Crippen molar-refractivity contribution in [3.05, 3.63) is 81.1 Å². The summed E-state index contributed by atoms with van der Waals surface area (Å²) in [6.45, 7) is 2.12. The lowest BCUT2D eigenvalue weighted by atomic mass is 10.2. The van der Waals surface area contributed by atoms with Crippen LogP contribution in [0.1, 0.15) is 24.0 Å². The molecule has 6 nitrogen and oxygen atoms in total. The first-order valence-electron chi connectivity index (χ1n) is 10.2. The zero-order valence-corrected chi connectivity index (χ0v) is 18.4. The monoisotopic (exact) mass is 448 g/mol. The van der Waals surface area contributed by atoms with E-state index < -0.39 is 0 Å². The van der Waals surface area contributed by atoms with E-state index in [1.807, 2.05) is 42.5 Å². The van der Waals surface area contributed by atoms with Crippen LogP contribution in [0.4, 0.5) is 5.82 Å². The third kappa shape index (κ3) is 3.77. The van der Waals surface area contributed by atoms with Crippen molar-refractivity contribution < 1.29 is 4.79 Å². The van der Waals surface area contributed by atoms with E-state index in [0.29, 0.717) is 32.8 Å². The molecule has 0 spiro atoms. The molecule has 3 aromatic rings. The van der Waals surface area contributed by atoms with Gasteiger partial charge in [0, 0.05) is 19.3 Å². The van der Waals surface area contributed by atoms with E-state index in [1.165, 1.54) is 16.2 Å². The topological polar surface area (TPSA) is 57.9 Å². The lowest BCUT2D eigenvalue weighted by molar-refractivity contribution is -0.122. The third-order valence-corrected chi connectivity index (χ3v) is 6.86. The minimum atomic E-state index is -0.180. The zero-order valence-electron chi connectivity index (χ0n) is 16.7. The SMILES string of the molecule is O=C1C(=Cc2c(N3CCCC3)nc3ccccn3c2=O)SC(=S)N1Cc1ccccc1. The summed E-state index contributed by atoms with van der Waals surface area (Å²) in [5.74, 6) is 0.464. The molecule has 2 aliphatic heterocycles. The molecule has 0 aliphatic carbocycles. The number of anilines is 1. The van der Waals surface area contributed by atoms with E-state index >= 15 is 0 Å². The fourth-order valence-electron chi connectivity index (χ4n) is 3.92. The van der Waals surface area contributed by atoms with Gasteiger partial charge in [-0.25, -0.2) is 4.98 Å². The fourth-order valence-corrected chi connectivity index (χ4v) is 5.16. The standard InChI is InChI=1S/C23H20N4O2S2/c28-21-17(20(25-11-6-7-12-25)24-19-10-4-5-13-26(19)21)14-18-22(29)27(23(30)31-18)15-16-8-2-1-3-9-16/h1-5,8-10,13-14H,6-7,11-12,15H2. The van der Waals surface area contributed by atoms with Crippen LogP contribution in [0.3, 0.4) is 0 Å². The van der Waals surface area contributed by atoms with Crippen LogP contribution in [0.5, 0.6) is 0 Å². The van der Waals surface area contributed by atoms with Crippen LogP contribution < -0.4 is 10.5 Å². The molecule has 1 amide bonds. The predicted molar refractivity (Wildman–Crippen MR) is 128 cm³/mol. The van der Waals surface area contributed by atoms with Gasteiger partial charge in [-0.3, -0.25) is 18.9 Å². The van der Waals surface area contributed by atoms with Crippen LogP contribution in [-0.2, 0) is 11.3 Å². The smallest absolute Gasteiger partial charge is 0.267 e. The molecule has 31 heavy (non-hydrogen) atoms. The van der Waals surface area contributed by atoms with Gasteiger partial charge in [-0.05, 0) is 36.6 Å². The van der Waals surface area contributed by atoms with Gasteiger partial charge in [-0.15, -0.1) is 0 Å². The van der Waals surface area contributed by atoms with Crippen molar-refractivity contribution >= 4 is 51.7 Å². The summed E-state index contributed by atoms with van der Waals surface area (Å²) in [6, 6.07) is 15.2. The van der Waals surface area contributed by atoms with Gasteiger partial charge in [-0.1, -0.05) is 60.4 Å². The average Bonchev–Trinajstić information content (AvgIpc) is 3.41. The highest BCUT2D eigenvalue weighted by atomic mass is 32.2. The van der Waals surface area contributed by atoms with Crippen LogP contribution >= 0.6 is 24.0 Å². The molecule has 4 heterocycles. The van der Waals surface area contributed by atoms with Crippen molar-refractivity contribution in [3.63, 3.8) is 0 Å². The van der Waals surface area contributed by atoms with E-state index in [-0.39, 0.29) is 11.5 Å². The zero-order chi connectivity index (χ0) is 21.4. The molecule has 2 aliphatic rings. The fraction of sp³-hybridized carbons (Fsp3) is 0.217. The summed E-state index contributed by atoms with van der Waals surface area (Å²) in [7, 11) is 0. The number of carbonyl (C=O) groups is 1. The van der Waals surface area contributed by atoms with Crippen molar-refractivity contribution in [1.82, 2.24) is 14.3 Å². The largest absolute Gasteiger partial charge is 0.356 e. The number of hydrogen-bond donors (Lipinski definition) is 0. The van der Waals surface area contributed by atoms with Crippen molar-refractivity contribution in [2.24, 2.45) is 0 Å². The Bertz CT molecular complexity index is 1260. The van der Waals surface area contributed by atoms with Crippen LogP contribution in [0.25, 0.3) is 11.7 Å².